The predicted molar refractivity (Wildman–Crippen MR) is 119 cm³/mol. The summed E-state index contributed by atoms with van der Waals surface area (Å²) in [7, 11) is 1.43. The number of ether oxygens (including phenoxy) is 1. The highest BCUT2D eigenvalue weighted by molar-refractivity contribution is 9.10. The summed E-state index contributed by atoms with van der Waals surface area (Å²) >= 11 is 8.54. The van der Waals surface area contributed by atoms with Crippen LogP contribution >= 0.6 is 28.1 Å². The van der Waals surface area contributed by atoms with Crippen LogP contribution in [-0.4, -0.2) is 29.1 Å². The Morgan fingerprint density at radius 1 is 1.28 bits per heavy atom. The van der Waals surface area contributed by atoms with Gasteiger partial charge in [0.2, 0.25) is 0 Å². The summed E-state index contributed by atoms with van der Waals surface area (Å²) in [5, 5.41) is 12.8. The highest BCUT2D eigenvalue weighted by Gasteiger charge is 2.34. The summed E-state index contributed by atoms with van der Waals surface area (Å²) in [6, 6.07) is 10.2. The molecule has 29 heavy (non-hydrogen) atoms. The van der Waals surface area contributed by atoms with Crippen molar-refractivity contribution in [2.45, 2.75) is 6.42 Å². The number of amides is 2. The Bertz CT molecular complexity index is 1050. The zero-order chi connectivity index (χ0) is 21.1. The normalized spacial score (nSPS) is 15.4. The molecule has 3 rings (SSSR count). The lowest BCUT2D eigenvalue weighted by atomic mass is 10.0. The number of phenolic OH excluding ortho intramolecular Hbond substituents is 1. The van der Waals surface area contributed by atoms with Gasteiger partial charge in [0.25, 0.3) is 11.8 Å². The Balaban J connectivity index is 2.06. The summed E-state index contributed by atoms with van der Waals surface area (Å²) in [5.74, 6) is -0.907. The van der Waals surface area contributed by atoms with Crippen molar-refractivity contribution < 1.29 is 19.4 Å². The van der Waals surface area contributed by atoms with Crippen molar-refractivity contribution in [3.8, 4) is 11.5 Å². The summed E-state index contributed by atoms with van der Waals surface area (Å²) in [4.78, 5) is 26.8. The maximum atomic E-state index is 13.1. The molecule has 1 saturated heterocycles. The number of hydrogen-bond acceptors (Lipinski definition) is 5. The molecule has 0 aromatic heterocycles. The number of hydrogen-bond donors (Lipinski definition) is 2. The number of rotatable bonds is 5. The van der Waals surface area contributed by atoms with Crippen LogP contribution in [0.4, 0.5) is 5.69 Å². The Labute approximate surface area is 181 Å². The minimum absolute atomic E-state index is 0.00774. The van der Waals surface area contributed by atoms with E-state index in [4.69, 9.17) is 17.0 Å². The number of nitrogens with one attached hydrogen (secondary N) is 1. The van der Waals surface area contributed by atoms with Crippen molar-refractivity contribution >= 4 is 56.8 Å². The molecule has 1 aliphatic rings. The van der Waals surface area contributed by atoms with Crippen molar-refractivity contribution in [3.63, 3.8) is 0 Å². The van der Waals surface area contributed by atoms with Crippen LogP contribution in [0.15, 0.2) is 59.1 Å². The average Bonchev–Trinajstić information content (AvgIpc) is 2.68. The third-order valence-electron chi connectivity index (χ3n) is 4.26. The molecular weight excluding hydrogens is 456 g/mol. The Hall–Kier alpha value is -2.97. The first-order chi connectivity index (χ1) is 13.8. The standard InChI is InChI=1S/C21H17BrN2O4S/c1-3-4-13-9-12(11-17(28-2)18(13)25)10-16-19(26)23-21(29)24(20(16)27)15-7-5-14(22)6-8-15/h3,5-11,25H,1,4H2,2H3,(H,23,26,29)/b16-10+. The fourth-order valence-electron chi connectivity index (χ4n) is 2.89. The second kappa shape index (κ2) is 8.59. The zero-order valence-electron chi connectivity index (χ0n) is 15.4. The van der Waals surface area contributed by atoms with Crippen LogP contribution in [0.3, 0.4) is 0 Å². The first-order valence-corrected chi connectivity index (χ1v) is 9.73. The summed E-state index contributed by atoms with van der Waals surface area (Å²) in [5.41, 5.74) is 1.54. The molecule has 6 nitrogen and oxygen atoms in total. The molecule has 0 radical (unpaired) electrons. The minimum atomic E-state index is -0.592. The monoisotopic (exact) mass is 472 g/mol. The lowest BCUT2D eigenvalue weighted by molar-refractivity contribution is -0.122. The molecule has 1 fully saturated rings. The SMILES string of the molecule is C=CCc1cc(/C=C2\C(=O)NC(=S)N(c3ccc(Br)cc3)C2=O)cc(OC)c1O. The van der Waals surface area contributed by atoms with E-state index >= 15 is 0 Å². The zero-order valence-corrected chi connectivity index (χ0v) is 17.8. The lowest BCUT2D eigenvalue weighted by Gasteiger charge is -2.29. The number of benzene rings is 2. The van der Waals surface area contributed by atoms with Gasteiger partial charge in [0.1, 0.15) is 5.57 Å². The number of methoxy groups -OCH3 is 1. The molecular formula is C21H17BrN2O4S. The lowest BCUT2D eigenvalue weighted by Crippen LogP contribution is -2.54. The van der Waals surface area contributed by atoms with E-state index in [1.54, 1.807) is 42.5 Å². The molecule has 0 aliphatic carbocycles. The molecule has 8 heteroatoms. The van der Waals surface area contributed by atoms with Gasteiger partial charge < -0.3 is 9.84 Å². The molecule has 2 amide bonds. The van der Waals surface area contributed by atoms with E-state index in [2.05, 4.69) is 27.8 Å². The van der Waals surface area contributed by atoms with Gasteiger partial charge in [-0.15, -0.1) is 6.58 Å². The summed E-state index contributed by atoms with van der Waals surface area (Å²) in [6.07, 6.45) is 3.48. The predicted octanol–water partition coefficient (Wildman–Crippen LogP) is 3.72. The molecule has 0 spiro atoms. The van der Waals surface area contributed by atoms with E-state index in [0.717, 1.165) is 4.47 Å². The quantitative estimate of drug-likeness (QED) is 0.300. The maximum absolute atomic E-state index is 13.1. The van der Waals surface area contributed by atoms with E-state index < -0.39 is 11.8 Å². The molecule has 2 aromatic carbocycles. The van der Waals surface area contributed by atoms with Crippen LogP contribution in [-0.2, 0) is 16.0 Å². The number of allylic oxidation sites excluding steroid dienone is 1. The highest BCUT2D eigenvalue weighted by Crippen LogP contribution is 2.33. The van der Waals surface area contributed by atoms with Crippen molar-refractivity contribution in [2.75, 3.05) is 12.0 Å². The first kappa shape index (κ1) is 20.8. The van der Waals surface area contributed by atoms with Crippen LogP contribution in [0, 0.1) is 0 Å². The van der Waals surface area contributed by atoms with Gasteiger partial charge in [-0.3, -0.25) is 19.8 Å². The molecule has 1 aliphatic heterocycles. The van der Waals surface area contributed by atoms with Gasteiger partial charge in [0.15, 0.2) is 16.6 Å². The van der Waals surface area contributed by atoms with Crippen LogP contribution in [0.1, 0.15) is 11.1 Å². The van der Waals surface area contributed by atoms with Crippen LogP contribution in [0.25, 0.3) is 6.08 Å². The highest BCUT2D eigenvalue weighted by atomic mass is 79.9. The van der Waals surface area contributed by atoms with Gasteiger partial charge in [-0.25, -0.2) is 0 Å². The molecule has 148 valence electrons. The molecule has 0 bridgehead atoms. The fraction of sp³-hybridized carbons (Fsp3) is 0.0952. The summed E-state index contributed by atoms with van der Waals surface area (Å²) < 4.78 is 6.05. The summed E-state index contributed by atoms with van der Waals surface area (Å²) in [6.45, 7) is 3.67. The van der Waals surface area contributed by atoms with E-state index in [1.165, 1.54) is 18.1 Å². The van der Waals surface area contributed by atoms with E-state index in [1.807, 2.05) is 0 Å². The van der Waals surface area contributed by atoms with Gasteiger partial charge in [-0.2, -0.15) is 0 Å². The van der Waals surface area contributed by atoms with Gasteiger partial charge in [-0.1, -0.05) is 22.0 Å². The molecule has 0 saturated carbocycles. The van der Waals surface area contributed by atoms with Crippen LogP contribution in [0.5, 0.6) is 11.5 Å². The second-order valence-corrected chi connectivity index (χ2v) is 7.46. The van der Waals surface area contributed by atoms with E-state index in [0.29, 0.717) is 23.2 Å². The molecule has 0 unspecified atom stereocenters. The molecule has 1 heterocycles. The number of carbonyl (C=O) groups is 2. The third kappa shape index (κ3) is 4.23. The van der Waals surface area contributed by atoms with Crippen LogP contribution < -0.4 is 15.0 Å². The fourth-order valence-corrected chi connectivity index (χ4v) is 3.43. The van der Waals surface area contributed by atoms with E-state index in [9.17, 15) is 14.7 Å². The van der Waals surface area contributed by atoms with E-state index in [-0.39, 0.29) is 22.2 Å². The van der Waals surface area contributed by atoms with Gasteiger partial charge in [0.05, 0.1) is 12.8 Å². The number of nitrogens with zero attached hydrogens (tertiary/aromatic N) is 1. The molecule has 2 N–H and O–H groups in total. The van der Waals surface area contributed by atoms with Gasteiger partial charge >= 0.3 is 0 Å². The van der Waals surface area contributed by atoms with Crippen molar-refractivity contribution in [2.24, 2.45) is 0 Å². The Kier molecular flexibility index (Phi) is 6.14. The van der Waals surface area contributed by atoms with Crippen molar-refractivity contribution in [1.82, 2.24) is 5.32 Å². The second-order valence-electron chi connectivity index (χ2n) is 6.16. The van der Waals surface area contributed by atoms with Crippen molar-refractivity contribution in [3.05, 3.63) is 70.2 Å². The van der Waals surface area contributed by atoms with Gasteiger partial charge in [0, 0.05) is 10.0 Å². The van der Waals surface area contributed by atoms with Crippen LogP contribution in [0.2, 0.25) is 0 Å². The third-order valence-corrected chi connectivity index (χ3v) is 5.07. The number of carbonyl (C=O) groups excluding carboxylic acids is 2. The number of aromatic hydroxyl groups is 1. The maximum Gasteiger partial charge on any atom is 0.270 e. The molecule has 2 aromatic rings. The smallest absolute Gasteiger partial charge is 0.270 e. The Morgan fingerprint density at radius 3 is 2.59 bits per heavy atom. The average molecular weight is 473 g/mol. The number of halogens is 1. The topological polar surface area (TPSA) is 78.9 Å². The number of thiocarbonyl (C=S) groups is 1. The minimum Gasteiger partial charge on any atom is -0.504 e. The Morgan fingerprint density at radius 2 is 1.97 bits per heavy atom. The largest absolute Gasteiger partial charge is 0.504 e. The van der Waals surface area contributed by atoms with Crippen molar-refractivity contribution in [1.29, 1.82) is 0 Å². The molecule has 0 atom stereocenters. The number of anilines is 1. The number of phenols is 1. The van der Waals surface area contributed by atoms with Gasteiger partial charge in [-0.05, 0) is 66.7 Å². The first-order valence-electron chi connectivity index (χ1n) is 8.53.